The number of nitrogens with zero attached hydrogens (tertiary/aromatic N) is 4. The van der Waals surface area contributed by atoms with Crippen LogP contribution >= 0.6 is 0 Å². The lowest BCUT2D eigenvalue weighted by Gasteiger charge is -2.36. The molecule has 0 aliphatic carbocycles. The van der Waals surface area contributed by atoms with E-state index in [1.165, 1.54) is 16.3 Å². The molecule has 0 radical (unpaired) electrons. The topological polar surface area (TPSA) is 43.2 Å². The van der Waals surface area contributed by atoms with Gasteiger partial charge < -0.3 is 4.90 Å². The van der Waals surface area contributed by atoms with E-state index in [1.807, 2.05) is 6.07 Å². The van der Waals surface area contributed by atoms with Gasteiger partial charge in [0.25, 0.3) is 0 Å². The number of aromatic nitrogens is 1. The summed E-state index contributed by atoms with van der Waals surface area (Å²) in [5, 5.41) is 11.5. The molecule has 1 aliphatic heterocycles. The van der Waals surface area contributed by atoms with Gasteiger partial charge in [-0.2, -0.15) is 5.26 Å². The summed E-state index contributed by atoms with van der Waals surface area (Å²) < 4.78 is 0. The van der Waals surface area contributed by atoms with E-state index in [4.69, 9.17) is 5.26 Å². The van der Waals surface area contributed by atoms with Crippen molar-refractivity contribution in [3.8, 4) is 6.07 Å². The molecule has 2 heterocycles. The molecule has 0 atom stereocenters. The van der Waals surface area contributed by atoms with Crippen molar-refractivity contribution in [3.05, 3.63) is 72.1 Å². The maximum Gasteiger partial charge on any atom is 0.140 e. The normalized spacial score (nSPS) is 15.2. The molecule has 0 spiro atoms. The van der Waals surface area contributed by atoms with Crippen LogP contribution in [0, 0.1) is 11.3 Å². The van der Waals surface area contributed by atoms with Crippen molar-refractivity contribution in [1.82, 2.24) is 9.88 Å². The summed E-state index contributed by atoms with van der Waals surface area (Å²) in [6.07, 6.45) is 1.80. The van der Waals surface area contributed by atoms with Crippen LogP contribution in [-0.4, -0.2) is 36.1 Å². The Balaban J connectivity index is 1.42. The molecule has 0 N–H and O–H groups in total. The standard InChI is InChI=1S/C21H20N4/c22-14-19-8-9-20(15-23-19)25-12-10-24(11-13-25)16-18-6-3-5-17-4-1-2-7-21(17)18/h1-9,15H,10-13,16H2. The zero-order chi connectivity index (χ0) is 17.1. The minimum Gasteiger partial charge on any atom is -0.368 e. The quantitative estimate of drug-likeness (QED) is 0.739. The molecular formula is C21H20N4. The molecule has 124 valence electrons. The Morgan fingerprint density at radius 2 is 1.72 bits per heavy atom. The highest BCUT2D eigenvalue weighted by atomic mass is 15.3. The van der Waals surface area contributed by atoms with Crippen molar-refractivity contribution in [2.24, 2.45) is 0 Å². The van der Waals surface area contributed by atoms with Crippen molar-refractivity contribution in [3.63, 3.8) is 0 Å². The molecule has 0 unspecified atom stereocenters. The predicted molar refractivity (Wildman–Crippen MR) is 100 cm³/mol. The van der Waals surface area contributed by atoms with Crippen molar-refractivity contribution in [1.29, 1.82) is 5.26 Å². The molecule has 1 aromatic heterocycles. The smallest absolute Gasteiger partial charge is 0.140 e. The van der Waals surface area contributed by atoms with Gasteiger partial charge in [-0.1, -0.05) is 42.5 Å². The van der Waals surface area contributed by atoms with E-state index in [0.717, 1.165) is 38.4 Å². The Morgan fingerprint density at radius 3 is 2.48 bits per heavy atom. The Bertz CT molecular complexity index is 898. The van der Waals surface area contributed by atoms with Crippen molar-refractivity contribution in [2.45, 2.75) is 6.54 Å². The van der Waals surface area contributed by atoms with E-state index in [-0.39, 0.29) is 0 Å². The van der Waals surface area contributed by atoms with Crippen LogP contribution in [0.15, 0.2) is 60.8 Å². The fourth-order valence-electron chi connectivity index (χ4n) is 3.47. The molecule has 0 bridgehead atoms. The highest BCUT2D eigenvalue weighted by molar-refractivity contribution is 5.85. The summed E-state index contributed by atoms with van der Waals surface area (Å²) in [6.45, 7) is 5.02. The van der Waals surface area contributed by atoms with Gasteiger partial charge in [-0.15, -0.1) is 0 Å². The van der Waals surface area contributed by atoms with E-state index in [1.54, 1.807) is 12.3 Å². The number of rotatable bonds is 3. The number of fused-ring (bicyclic) bond motifs is 1. The van der Waals surface area contributed by atoms with Crippen LogP contribution < -0.4 is 4.90 Å². The summed E-state index contributed by atoms with van der Waals surface area (Å²) in [4.78, 5) is 9.03. The molecule has 0 amide bonds. The highest BCUT2D eigenvalue weighted by Gasteiger charge is 2.18. The average molecular weight is 328 g/mol. The van der Waals surface area contributed by atoms with Crippen molar-refractivity contribution >= 4 is 16.5 Å². The third-order valence-corrected chi connectivity index (χ3v) is 4.87. The van der Waals surface area contributed by atoms with Gasteiger partial charge >= 0.3 is 0 Å². The van der Waals surface area contributed by atoms with E-state index < -0.39 is 0 Å². The van der Waals surface area contributed by atoms with Gasteiger partial charge in [0, 0.05) is 32.7 Å². The van der Waals surface area contributed by atoms with Gasteiger partial charge in [0.1, 0.15) is 11.8 Å². The van der Waals surface area contributed by atoms with E-state index >= 15 is 0 Å². The maximum atomic E-state index is 8.86. The first-order chi connectivity index (χ1) is 12.3. The summed E-state index contributed by atoms with van der Waals surface area (Å²) >= 11 is 0. The zero-order valence-electron chi connectivity index (χ0n) is 14.1. The maximum absolute atomic E-state index is 8.86. The van der Waals surface area contributed by atoms with Crippen LogP contribution in [-0.2, 0) is 6.54 Å². The van der Waals surface area contributed by atoms with Gasteiger partial charge in [0.2, 0.25) is 0 Å². The number of hydrogen-bond donors (Lipinski definition) is 0. The molecule has 25 heavy (non-hydrogen) atoms. The SMILES string of the molecule is N#Cc1ccc(N2CCN(Cc3cccc4ccccc34)CC2)cn1. The molecule has 4 heteroatoms. The summed E-state index contributed by atoms with van der Waals surface area (Å²) in [6, 6.07) is 21.0. The number of benzene rings is 2. The molecule has 2 aromatic carbocycles. The Kier molecular flexibility index (Phi) is 4.32. The summed E-state index contributed by atoms with van der Waals surface area (Å²) in [5.41, 5.74) is 2.97. The Labute approximate surface area is 147 Å². The first-order valence-corrected chi connectivity index (χ1v) is 8.63. The average Bonchev–Trinajstić information content (AvgIpc) is 2.69. The summed E-state index contributed by atoms with van der Waals surface area (Å²) in [5.74, 6) is 0. The second-order valence-corrected chi connectivity index (χ2v) is 6.41. The predicted octanol–water partition coefficient (Wildman–Crippen LogP) is 3.43. The number of piperazine rings is 1. The second-order valence-electron chi connectivity index (χ2n) is 6.41. The first kappa shape index (κ1) is 15.6. The minimum atomic E-state index is 0.471. The first-order valence-electron chi connectivity index (χ1n) is 8.63. The molecule has 0 saturated carbocycles. The van der Waals surface area contributed by atoms with Gasteiger partial charge in [-0.3, -0.25) is 4.90 Å². The van der Waals surface area contributed by atoms with E-state index in [2.05, 4.69) is 63.3 Å². The third kappa shape index (κ3) is 3.33. The second kappa shape index (κ2) is 6.92. The van der Waals surface area contributed by atoms with Crippen molar-refractivity contribution in [2.75, 3.05) is 31.1 Å². The monoisotopic (exact) mass is 328 g/mol. The number of nitriles is 1. The lowest BCUT2D eigenvalue weighted by atomic mass is 10.0. The van der Waals surface area contributed by atoms with Crippen LogP contribution in [0.25, 0.3) is 10.8 Å². The summed E-state index contributed by atoms with van der Waals surface area (Å²) in [7, 11) is 0. The third-order valence-electron chi connectivity index (χ3n) is 4.87. The van der Waals surface area contributed by atoms with Crippen LogP contribution in [0.4, 0.5) is 5.69 Å². The van der Waals surface area contributed by atoms with Gasteiger partial charge in [-0.05, 0) is 28.5 Å². The molecule has 1 fully saturated rings. The molecular weight excluding hydrogens is 308 g/mol. The highest BCUT2D eigenvalue weighted by Crippen LogP contribution is 2.21. The Hall–Kier alpha value is -2.90. The molecule has 4 rings (SSSR count). The molecule has 1 aliphatic rings. The van der Waals surface area contributed by atoms with E-state index in [9.17, 15) is 0 Å². The number of hydrogen-bond acceptors (Lipinski definition) is 4. The van der Waals surface area contributed by atoms with Crippen molar-refractivity contribution < 1.29 is 0 Å². The molecule has 4 nitrogen and oxygen atoms in total. The lowest BCUT2D eigenvalue weighted by Crippen LogP contribution is -2.46. The van der Waals surface area contributed by atoms with Crippen LogP contribution in [0.2, 0.25) is 0 Å². The van der Waals surface area contributed by atoms with E-state index in [0.29, 0.717) is 5.69 Å². The zero-order valence-corrected chi connectivity index (χ0v) is 14.1. The largest absolute Gasteiger partial charge is 0.368 e. The molecule has 1 saturated heterocycles. The lowest BCUT2D eigenvalue weighted by molar-refractivity contribution is 0.250. The molecule has 3 aromatic rings. The Morgan fingerprint density at radius 1 is 0.920 bits per heavy atom. The minimum absolute atomic E-state index is 0.471. The van der Waals surface area contributed by atoms with Crippen LogP contribution in [0.3, 0.4) is 0 Å². The van der Waals surface area contributed by atoms with Gasteiger partial charge in [0.15, 0.2) is 0 Å². The van der Waals surface area contributed by atoms with Crippen LogP contribution in [0.1, 0.15) is 11.3 Å². The van der Waals surface area contributed by atoms with Gasteiger partial charge in [0.05, 0.1) is 11.9 Å². The number of pyridine rings is 1. The van der Waals surface area contributed by atoms with Crippen LogP contribution in [0.5, 0.6) is 0 Å². The number of anilines is 1. The van der Waals surface area contributed by atoms with Gasteiger partial charge in [-0.25, -0.2) is 4.98 Å². The fourth-order valence-corrected chi connectivity index (χ4v) is 3.47. The fraction of sp³-hybridized carbons (Fsp3) is 0.238.